The van der Waals surface area contributed by atoms with Crippen molar-refractivity contribution in [2.75, 3.05) is 0 Å². The van der Waals surface area contributed by atoms with Crippen LogP contribution < -0.4 is 0 Å². The highest BCUT2D eigenvalue weighted by atomic mass is 16.6. The first kappa shape index (κ1) is 23.7. The molecule has 1 aliphatic carbocycles. The second-order valence-corrected chi connectivity index (χ2v) is 9.55. The number of benzene rings is 2. The molecule has 0 radical (unpaired) electrons. The highest BCUT2D eigenvalue weighted by Gasteiger charge is 2.45. The largest absolute Gasteiger partial charge is 0.320 e. The number of aromatic nitrogens is 2. The molecule has 36 heavy (non-hydrogen) atoms. The molecule has 2 atom stereocenters. The standard InChI is InChI=1S/C28H29N5O3/c1-4-31-17-24(33(35)36)26(29-31)28(34)32-27(21-14-10-19(3)11-15-21)23-7-5-6-22(25(23)30-32)16-20-12-8-18(2)9-13-20/h8-17,23,27H,4-7H2,1-3H3/b22-16-/t23-,27+/m1/s1. The number of allylic oxidation sites excluding steroid dienone is 1. The predicted octanol–water partition coefficient (Wildman–Crippen LogP) is 5.86. The molecule has 1 aliphatic heterocycles. The van der Waals surface area contributed by atoms with E-state index in [0.717, 1.165) is 47.2 Å². The van der Waals surface area contributed by atoms with Crippen LogP contribution in [0.1, 0.15) is 65.0 Å². The smallest absolute Gasteiger partial charge is 0.265 e. The molecule has 184 valence electrons. The summed E-state index contributed by atoms with van der Waals surface area (Å²) in [5, 5.41) is 22.3. The van der Waals surface area contributed by atoms with Crippen molar-refractivity contribution < 1.29 is 9.72 Å². The lowest BCUT2D eigenvalue weighted by Gasteiger charge is -2.29. The lowest BCUT2D eigenvalue weighted by Crippen LogP contribution is -2.32. The summed E-state index contributed by atoms with van der Waals surface area (Å²) in [6.07, 6.45) is 6.21. The lowest BCUT2D eigenvalue weighted by atomic mass is 9.77. The molecular formula is C28H29N5O3. The number of hydrogen-bond donors (Lipinski definition) is 0. The molecule has 0 N–H and O–H groups in total. The van der Waals surface area contributed by atoms with Crippen LogP contribution in [0, 0.1) is 29.9 Å². The number of aryl methyl sites for hydroxylation is 3. The van der Waals surface area contributed by atoms with Gasteiger partial charge in [0.2, 0.25) is 5.69 Å². The van der Waals surface area contributed by atoms with E-state index >= 15 is 0 Å². The molecule has 0 saturated heterocycles. The molecule has 2 heterocycles. The van der Waals surface area contributed by atoms with Gasteiger partial charge in [0.15, 0.2) is 0 Å². The number of rotatable bonds is 5. The zero-order chi connectivity index (χ0) is 25.4. The van der Waals surface area contributed by atoms with Crippen LogP contribution >= 0.6 is 0 Å². The molecule has 0 unspecified atom stereocenters. The van der Waals surface area contributed by atoms with Gasteiger partial charge in [0, 0.05) is 12.5 Å². The molecule has 1 saturated carbocycles. The third-order valence-electron chi connectivity index (χ3n) is 7.01. The Balaban J connectivity index is 1.60. The summed E-state index contributed by atoms with van der Waals surface area (Å²) in [6.45, 7) is 6.33. The molecule has 8 heteroatoms. The minimum absolute atomic E-state index is 0.00872. The van der Waals surface area contributed by atoms with Crippen LogP contribution in [0.3, 0.4) is 0 Å². The molecule has 5 rings (SSSR count). The maximum absolute atomic E-state index is 13.8. The van der Waals surface area contributed by atoms with Gasteiger partial charge in [-0.15, -0.1) is 0 Å². The minimum Gasteiger partial charge on any atom is -0.265 e. The number of amides is 1. The van der Waals surface area contributed by atoms with Crippen molar-refractivity contribution >= 4 is 23.4 Å². The number of fused-ring (bicyclic) bond motifs is 1. The summed E-state index contributed by atoms with van der Waals surface area (Å²) in [6, 6.07) is 16.1. The average Bonchev–Trinajstić information content (AvgIpc) is 3.49. The second-order valence-electron chi connectivity index (χ2n) is 9.55. The number of hydrazone groups is 1. The normalized spacial score (nSPS) is 20.4. The number of nitro groups is 1. The first-order valence-corrected chi connectivity index (χ1v) is 12.3. The summed E-state index contributed by atoms with van der Waals surface area (Å²) in [7, 11) is 0. The Morgan fingerprint density at radius 2 is 1.78 bits per heavy atom. The first-order chi connectivity index (χ1) is 17.4. The van der Waals surface area contributed by atoms with Crippen LogP contribution in [-0.4, -0.2) is 31.3 Å². The van der Waals surface area contributed by atoms with E-state index in [9.17, 15) is 14.9 Å². The fourth-order valence-corrected chi connectivity index (χ4v) is 5.10. The van der Waals surface area contributed by atoms with E-state index in [0.29, 0.717) is 6.54 Å². The molecule has 1 amide bonds. The molecule has 1 aromatic heterocycles. The first-order valence-electron chi connectivity index (χ1n) is 12.3. The van der Waals surface area contributed by atoms with Crippen molar-refractivity contribution in [1.29, 1.82) is 0 Å². The third kappa shape index (κ3) is 4.34. The van der Waals surface area contributed by atoms with Gasteiger partial charge in [-0.1, -0.05) is 59.7 Å². The number of hydrogen-bond acceptors (Lipinski definition) is 5. The van der Waals surface area contributed by atoms with E-state index < -0.39 is 10.8 Å². The monoisotopic (exact) mass is 483 g/mol. The number of nitrogens with zero attached hydrogens (tertiary/aromatic N) is 5. The van der Waals surface area contributed by atoms with E-state index in [-0.39, 0.29) is 23.3 Å². The maximum atomic E-state index is 13.8. The Morgan fingerprint density at radius 3 is 2.42 bits per heavy atom. The minimum atomic E-state index is -0.549. The molecule has 0 spiro atoms. The van der Waals surface area contributed by atoms with Crippen molar-refractivity contribution in [3.05, 3.63) is 98.4 Å². The van der Waals surface area contributed by atoms with Gasteiger partial charge >= 0.3 is 11.6 Å². The Morgan fingerprint density at radius 1 is 1.11 bits per heavy atom. The van der Waals surface area contributed by atoms with Gasteiger partial charge in [-0.05, 0) is 62.8 Å². The second kappa shape index (κ2) is 9.53. The van der Waals surface area contributed by atoms with Crippen molar-refractivity contribution in [3.63, 3.8) is 0 Å². The van der Waals surface area contributed by atoms with E-state index in [2.05, 4.69) is 42.4 Å². The van der Waals surface area contributed by atoms with Crippen LogP contribution in [-0.2, 0) is 6.54 Å². The zero-order valence-corrected chi connectivity index (χ0v) is 20.7. The van der Waals surface area contributed by atoms with Crippen LogP contribution in [0.15, 0.2) is 65.4 Å². The Kier molecular flexibility index (Phi) is 6.26. The molecule has 0 bridgehead atoms. The van der Waals surface area contributed by atoms with Crippen molar-refractivity contribution in [3.8, 4) is 0 Å². The number of carbonyl (C=O) groups excluding carboxylic acids is 1. The van der Waals surface area contributed by atoms with Gasteiger partial charge in [0.05, 0.1) is 16.7 Å². The molecule has 3 aromatic rings. The maximum Gasteiger partial charge on any atom is 0.320 e. The van der Waals surface area contributed by atoms with Crippen LogP contribution in [0.4, 0.5) is 5.69 Å². The number of carbonyl (C=O) groups is 1. The molecule has 1 fully saturated rings. The third-order valence-corrected chi connectivity index (χ3v) is 7.01. The summed E-state index contributed by atoms with van der Waals surface area (Å²) < 4.78 is 1.42. The fraction of sp³-hybridized carbons (Fsp3) is 0.321. The van der Waals surface area contributed by atoms with Gasteiger partial charge in [0.25, 0.3) is 0 Å². The summed E-state index contributed by atoms with van der Waals surface area (Å²) in [4.78, 5) is 25.0. The van der Waals surface area contributed by atoms with Crippen LogP contribution in [0.25, 0.3) is 6.08 Å². The molecule has 8 nitrogen and oxygen atoms in total. The Bertz CT molecular complexity index is 1370. The van der Waals surface area contributed by atoms with Gasteiger partial charge < -0.3 is 0 Å². The van der Waals surface area contributed by atoms with Crippen molar-refractivity contribution in [2.45, 2.75) is 52.6 Å². The molecule has 2 aromatic carbocycles. The quantitative estimate of drug-likeness (QED) is 0.335. The zero-order valence-electron chi connectivity index (χ0n) is 20.7. The SMILES string of the molecule is CCn1cc([N+](=O)[O-])c(C(=O)N2N=C3/C(=C\c4ccc(C)cc4)CCC[C@H]3[C@@H]2c2ccc(C)cc2)n1. The van der Waals surface area contributed by atoms with Gasteiger partial charge in [-0.3, -0.25) is 19.6 Å². The topological polar surface area (TPSA) is 93.6 Å². The summed E-state index contributed by atoms with van der Waals surface area (Å²) in [5.74, 6) is -0.537. The summed E-state index contributed by atoms with van der Waals surface area (Å²) in [5.41, 5.74) is 5.90. The molecule has 2 aliphatic rings. The van der Waals surface area contributed by atoms with E-state index in [4.69, 9.17) is 5.10 Å². The van der Waals surface area contributed by atoms with Gasteiger partial charge in [-0.2, -0.15) is 10.2 Å². The fourth-order valence-electron chi connectivity index (χ4n) is 5.10. The van der Waals surface area contributed by atoms with Crippen molar-refractivity contribution in [2.24, 2.45) is 11.0 Å². The van der Waals surface area contributed by atoms with Gasteiger partial charge in [-0.25, -0.2) is 5.01 Å². The Labute approximate surface area is 210 Å². The van der Waals surface area contributed by atoms with E-state index in [1.54, 1.807) is 0 Å². The summed E-state index contributed by atoms with van der Waals surface area (Å²) >= 11 is 0. The molecular weight excluding hydrogens is 454 g/mol. The Hall–Kier alpha value is -4.07. The van der Waals surface area contributed by atoms with Crippen LogP contribution in [0.5, 0.6) is 0 Å². The highest BCUT2D eigenvalue weighted by molar-refractivity contribution is 6.09. The van der Waals surface area contributed by atoms with Crippen molar-refractivity contribution in [1.82, 2.24) is 14.8 Å². The average molecular weight is 484 g/mol. The predicted molar refractivity (Wildman–Crippen MR) is 139 cm³/mol. The van der Waals surface area contributed by atoms with E-state index in [1.807, 2.05) is 38.1 Å². The van der Waals surface area contributed by atoms with E-state index in [1.165, 1.54) is 21.5 Å². The van der Waals surface area contributed by atoms with Gasteiger partial charge in [0.1, 0.15) is 6.20 Å². The lowest BCUT2D eigenvalue weighted by molar-refractivity contribution is -0.385. The highest BCUT2D eigenvalue weighted by Crippen LogP contribution is 2.45. The van der Waals surface area contributed by atoms with Crippen LogP contribution in [0.2, 0.25) is 0 Å².